The van der Waals surface area contributed by atoms with Gasteiger partial charge < -0.3 is 10.2 Å². The topological polar surface area (TPSA) is 35.6 Å². The molecule has 0 spiro atoms. The molecule has 1 aliphatic rings. The van der Waals surface area contributed by atoms with Crippen molar-refractivity contribution >= 4 is 5.91 Å². The number of amides is 1. The van der Waals surface area contributed by atoms with Gasteiger partial charge in [0.25, 0.3) is 0 Å². The average Bonchev–Trinajstić information content (AvgIpc) is 2.42. The first kappa shape index (κ1) is 15.4. The third kappa shape index (κ3) is 6.36. The summed E-state index contributed by atoms with van der Waals surface area (Å²) < 4.78 is 0. The molecule has 106 valence electrons. The van der Waals surface area contributed by atoms with Crippen LogP contribution in [0.1, 0.15) is 39.0 Å². The van der Waals surface area contributed by atoms with Crippen LogP contribution in [-0.4, -0.2) is 62.0 Å². The minimum absolute atomic E-state index is 0.307. The molecular weight excluding hydrogens is 226 g/mol. The molecule has 0 saturated carbocycles. The third-order valence-corrected chi connectivity index (χ3v) is 3.63. The van der Waals surface area contributed by atoms with Crippen molar-refractivity contribution in [1.29, 1.82) is 0 Å². The van der Waals surface area contributed by atoms with E-state index >= 15 is 0 Å². The van der Waals surface area contributed by atoms with Gasteiger partial charge in [-0.25, -0.2) is 0 Å². The zero-order valence-corrected chi connectivity index (χ0v) is 12.1. The second-order valence-electron chi connectivity index (χ2n) is 5.22. The number of unbranched alkanes of at least 4 members (excludes halogenated alkanes) is 3. The summed E-state index contributed by atoms with van der Waals surface area (Å²) in [6.07, 6.45) is 5.43. The van der Waals surface area contributed by atoms with E-state index in [4.69, 9.17) is 0 Å². The summed E-state index contributed by atoms with van der Waals surface area (Å²) in [6.45, 7) is 8.45. The van der Waals surface area contributed by atoms with Gasteiger partial charge in [-0.05, 0) is 6.42 Å². The highest BCUT2D eigenvalue weighted by atomic mass is 16.2. The van der Waals surface area contributed by atoms with Crippen molar-refractivity contribution in [3.05, 3.63) is 0 Å². The van der Waals surface area contributed by atoms with Crippen molar-refractivity contribution in [3.8, 4) is 0 Å². The van der Waals surface area contributed by atoms with Crippen molar-refractivity contribution < 1.29 is 4.79 Å². The van der Waals surface area contributed by atoms with E-state index in [1.54, 1.807) is 0 Å². The van der Waals surface area contributed by atoms with Crippen LogP contribution in [0.5, 0.6) is 0 Å². The van der Waals surface area contributed by atoms with E-state index in [0.29, 0.717) is 5.91 Å². The zero-order chi connectivity index (χ0) is 13.2. The molecule has 1 N–H and O–H groups in total. The van der Waals surface area contributed by atoms with Gasteiger partial charge in [-0.2, -0.15) is 0 Å². The number of nitrogens with one attached hydrogen (secondary N) is 1. The van der Waals surface area contributed by atoms with Crippen LogP contribution < -0.4 is 5.32 Å². The predicted octanol–water partition coefficient (Wildman–Crippen LogP) is 1.32. The van der Waals surface area contributed by atoms with Crippen LogP contribution in [-0.2, 0) is 4.79 Å². The van der Waals surface area contributed by atoms with Crippen LogP contribution in [0.3, 0.4) is 0 Å². The summed E-state index contributed by atoms with van der Waals surface area (Å²) in [5.74, 6) is 0.307. The van der Waals surface area contributed by atoms with Gasteiger partial charge in [0.05, 0.1) is 0 Å². The maximum Gasteiger partial charge on any atom is 0.222 e. The average molecular weight is 255 g/mol. The molecule has 1 aliphatic heterocycles. The molecule has 0 radical (unpaired) electrons. The number of piperazine rings is 1. The Morgan fingerprint density at radius 2 is 1.94 bits per heavy atom. The van der Waals surface area contributed by atoms with E-state index < -0.39 is 0 Å². The minimum Gasteiger partial charge on any atom is -0.344 e. The number of nitrogens with zero attached hydrogens (tertiary/aromatic N) is 2. The second-order valence-corrected chi connectivity index (χ2v) is 5.22. The molecule has 0 aromatic heterocycles. The number of likely N-dealkylation sites (N-methyl/N-ethyl adjacent to an activating group) is 1. The highest BCUT2D eigenvalue weighted by molar-refractivity contribution is 5.75. The Morgan fingerprint density at radius 1 is 1.22 bits per heavy atom. The van der Waals surface area contributed by atoms with Gasteiger partial charge >= 0.3 is 0 Å². The lowest BCUT2D eigenvalue weighted by atomic mass is 10.1. The molecule has 0 bridgehead atoms. The monoisotopic (exact) mass is 255 g/mol. The molecule has 4 heteroatoms. The van der Waals surface area contributed by atoms with Crippen LogP contribution in [0, 0.1) is 0 Å². The number of rotatable bonds is 8. The third-order valence-electron chi connectivity index (χ3n) is 3.63. The van der Waals surface area contributed by atoms with Gasteiger partial charge in [0.1, 0.15) is 0 Å². The fourth-order valence-corrected chi connectivity index (χ4v) is 2.24. The number of hydrogen-bond donors (Lipinski definition) is 1. The standard InChI is InChI=1S/C14H29N3O/c1-3-4-5-6-7-14(18)16(2)12-13-17-10-8-15-9-11-17/h15H,3-13H2,1-2H3. The van der Waals surface area contributed by atoms with Gasteiger partial charge in [0, 0.05) is 52.7 Å². The Kier molecular flexibility index (Phi) is 8.01. The van der Waals surface area contributed by atoms with E-state index in [0.717, 1.165) is 52.1 Å². The molecule has 1 fully saturated rings. The van der Waals surface area contributed by atoms with Crippen LogP contribution in [0.2, 0.25) is 0 Å². The van der Waals surface area contributed by atoms with Crippen molar-refractivity contribution in [3.63, 3.8) is 0 Å². The molecule has 1 saturated heterocycles. The lowest BCUT2D eigenvalue weighted by Gasteiger charge is -2.29. The molecule has 0 aromatic carbocycles. The largest absolute Gasteiger partial charge is 0.344 e. The summed E-state index contributed by atoms with van der Waals surface area (Å²) in [5, 5.41) is 3.34. The van der Waals surface area contributed by atoms with Crippen molar-refractivity contribution in [2.75, 3.05) is 46.3 Å². The number of carbonyl (C=O) groups excluding carboxylic acids is 1. The Labute approximate surface area is 112 Å². The zero-order valence-electron chi connectivity index (χ0n) is 12.1. The van der Waals surface area contributed by atoms with E-state index in [-0.39, 0.29) is 0 Å². The van der Waals surface area contributed by atoms with Gasteiger partial charge in [-0.3, -0.25) is 9.69 Å². The maximum absolute atomic E-state index is 11.9. The summed E-state index contributed by atoms with van der Waals surface area (Å²) in [4.78, 5) is 16.2. The summed E-state index contributed by atoms with van der Waals surface area (Å²) in [6, 6.07) is 0. The first-order valence-electron chi connectivity index (χ1n) is 7.41. The molecule has 1 rings (SSSR count). The highest BCUT2D eigenvalue weighted by Crippen LogP contribution is 2.04. The van der Waals surface area contributed by atoms with Crippen molar-refractivity contribution in [1.82, 2.24) is 15.1 Å². The van der Waals surface area contributed by atoms with Gasteiger partial charge in [0.2, 0.25) is 5.91 Å². The molecule has 1 amide bonds. The van der Waals surface area contributed by atoms with Crippen molar-refractivity contribution in [2.45, 2.75) is 39.0 Å². The van der Waals surface area contributed by atoms with E-state index in [9.17, 15) is 4.79 Å². The lowest BCUT2D eigenvalue weighted by Crippen LogP contribution is -2.46. The summed E-state index contributed by atoms with van der Waals surface area (Å²) in [7, 11) is 1.93. The number of hydrogen-bond acceptors (Lipinski definition) is 3. The molecule has 0 aliphatic carbocycles. The normalized spacial score (nSPS) is 16.8. The Balaban J connectivity index is 2.07. The van der Waals surface area contributed by atoms with Crippen LogP contribution in [0.15, 0.2) is 0 Å². The molecule has 0 unspecified atom stereocenters. The first-order chi connectivity index (χ1) is 8.74. The molecule has 1 heterocycles. The molecule has 4 nitrogen and oxygen atoms in total. The predicted molar refractivity (Wildman–Crippen MR) is 75.7 cm³/mol. The smallest absolute Gasteiger partial charge is 0.222 e. The summed E-state index contributed by atoms with van der Waals surface area (Å²) in [5.41, 5.74) is 0. The van der Waals surface area contributed by atoms with Gasteiger partial charge in [-0.15, -0.1) is 0 Å². The number of carbonyl (C=O) groups is 1. The molecular formula is C14H29N3O. The van der Waals surface area contributed by atoms with E-state index in [1.807, 2.05) is 11.9 Å². The first-order valence-corrected chi connectivity index (χ1v) is 7.41. The van der Waals surface area contributed by atoms with Crippen LogP contribution >= 0.6 is 0 Å². The fourth-order valence-electron chi connectivity index (χ4n) is 2.24. The highest BCUT2D eigenvalue weighted by Gasteiger charge is 2.12. The van der Waals surface area contributed by atoms with Crippen molar-refractivity contribution in [2.24, 2.45) is 0 Å². The van der Waals surface area contributed by atoms with Crippen LogP contribution in [0.4, 0.5) is 0 Å². The second kappa shape index (κ2) is 9.34. The Bertz CT molecular complexity index is 227. The molecule has 0 atom stereocenters. The van der Waals surface area contributed by atoms with E-state index in [2.05, 4.69) is 17.1 Å². The Morgan fingerprint density at radius 3 is 2.61 bits per heavy atom. The maximum atomic E-state index is 11.9. The van der Waals surface area contributed by atoms with Crippen LogP contribution in [0.25, 0.3) is 0 Å². The quantitative estimate of drug-likeness (QED) is 0.665. The lowest BCUT2D eigenvalue weighted by molar-refractivity contribution is -0.130. The van der Waals surface area contributed by atoms with Gasteiger partial charge in [0.15, 0.2) is 0 Å². The SMILES string of the molecule is CCCCCCC(=O)N(C)CCN1CCNCC1. The minimum atomic E-state index is 0.307. The van der Waals surface area contributed by atoms with Gasteiger partial charge in [-0.1, -0.05) is 26.2 Å². The molecule has 18 heavy (non-hydrogen) atoms. The van der Waals surface area contributed by atoms with E-state index in [1.165, 1.54) is 19.3 Å². The molecule has 0 aromatic rings. The Hall–Kier alpha value is -0.610. The summed E-state index contributed by atoms with van der Waals surface area (Å²) >= 11 is 0. The fraction of sp³-hybridized carbons (Fsp3) is 0.929.